The van der Waals surface area contributed by atoms with Gasteiger partial charge in [-0.1, -0.05) is 23.7 Å². The number of ether oxygens (including phenoxy) is 1. The summed E-state index contributed by atoms with van der Waals surface area (Å²) >= 11 is 6.21. The van der Waals surface area contributed by atoms with Crippen LogP contribution >= 0.6 is 11.6 Å². The maximum Gasteiger partial charge on any atom is 0.168 e. The molecule has 1 atom stereocenters. The molecule has 0 spiro atoms. The maximum absolute atomic E-state index is 6.21. The maximum atomic E-state index is 6.21. The molecule has 3 heterocycles. The van der Waals surface area contributed by atoms with Crippen LogP contribution in [0.25, 0.3) is 16.6 Å². The zero-order chi connectivity index (χ0) is 19.0. The third-order valence-corrected chi connectivity index (χ3v) is 4.65. The molecule has 1 unspecified atom stereocenters. The second-order valence-electron chi connectivity index (χ2n) is 7.68. The minimum Gasteiger partial charge on any atom is -0.347 e. The molecule has 0 amide bonds. The second kappa shape index (κ2) is 6.95. The van der Waals surface area contributed by atoms with Gasteiger partial charge in [0, 0.05) is 40.5 Å². The van der Waals surface area contributed by atoms with Crippen LogP contribution < -0.4 is 0 Å². The van der Waals surface area contributed by atoms with Gasteiger partial charge in [0.2, 0.25) is 0 Å². The van der Waals surface area contributed by atoms with Crippen LogP contribution in [0.2, 0.25) is 5.02 Å². The van der Waals surface area contributed by atoms with E-state index in [-0.39, 0.29) is 11.8 Å². The van der Waals surface area contributed by atoms with Gasteiger partial charge in [-0.05, 0) is 62.2 Å². The van der Waals surface area contributed by atoms with Crippen molar-refractivity contribution in [2.24, 2.45) is 4.99 Å². The normalized spacial score (nSPS) is 17.7. The van der Waals surface area contributed by atoms with E-state index < -0.39 is 0 Å². The van der Waals surface area contributed by atoms with Crippen molar-refractivity contribution in [2.75, 3.05) is 0 Å². The van der Waals surface area contributed by atoms with Crippen molar-refractivity contribution in [3.63, 3.8) is 0 Å². The van der Waals surface area contributed by atoms with Gasteiger partial charge < -0.3 is 9.72 Å². The first kappa shape index (κ1) is 18.0. The number of nitrogens with zero attached hydrogens (tertiary/aromatic N) is 2. The lowest BCUT2D eigenvalue weighted by Crippen LogP contribution is -2.28. The van der Waals surface area contributed by atoms with Gasteiger partial charge in [0.15, 0.2) is 6.23 Å². The first-order valence-corrected chi connectivity index (χ1v) is 9.40. The Balaban J connectivity index is 1.77. The van der Waals surface area contributed by atoms with Gasteiger partial charge >= 0.3 is 0 Å². The first-order chi connectivity index (χ1) is 12.9. The molecule has 0 saturated heterocycles. The fourth-order valence-electron chi connectivity index (χ4n) is 3.32. The highest BCUT2D eigenvalue weighted by atomic mass is 35.5. The summed E-state index contributed by atoms with van der Waals surface area (Å²) in [4.78, 5) is 12.5. The van der Waals surface area contributed by atoms with Crippen LogP contribution in [-0.2, 0) is 4.74 Å². The van der Waals surface area contributed by atoms with Crippen molar-refractivity contribution in [1.29, 1.82) is 0 Å². The first-order valence-electron chi connectivity index (χ1n) is 9.03. The van der Waals surface area contributed by atoms with Gasteiger partial charge in [-0.3, -0.25) is 4.99 Å². The van der Waals surface area contributed by atoms with E-state index >= 15 is 0 Å². The number of rotatable bonds is 3. The van der Waals surface area contributed by atoms with Gasteiger partial charge in [0.05, 0.1) is 5.60 Å². The Hall–Kier alpha value is -2.43. The molecule has 2 aromatic heterocycles. The number of aromatic nitrogens is 2. The predicted octanol–water partition coefficient (Wildman–Crippen LogP) is 5.63. The predicted molar refractivity (Wildman–Crippen MR) is 111 cm³/mol. The molecule has 3 aromatic rings. The number of aliphatic imine (C=N–C) groups is 1. The average molecular weight is 380 g/mol. The largest absolute Gasteiger partial charge is 0.347 e. The topological polar surface area (TPSA) is 50.3 Å². The summed E-state index contributed by atoms with van der Waals surface area (Å²) in [5.74, 6) is 0. The minimum atomic E-state index is -0.343. The highest BCUT2D eigenvalue weighted by molar-refractivity contribution is 6.31. The smallest absolute Gasteiger partial charge is 0.168 e. The van der Waals surface area contributed by atoms with E-state index in [2.05, 4.69) is 22.1 Å². The lowest BCUT2D eigenvalue weighted by Gasteiger charge is -2.27. The summed E-state index contributed by atoms with van der Waals surface area (Å²) in [6.07, 6.45) is 6.28. The summed E-state index contributed by atoms with van der Waals surface area (Å²) in [5, 5.41) is 1.81. The molecule has 1 N–H and O–H groups in total. The molecule has 1 aliphatic heterocycles. The Labute approximate surface area is 164 Å². The molecule has 1 aliphatic rings. The third kappa shape index (κ3) is 3.97. The van der Waals surface area contributed by atoms with E-state index in [1.165, 1.54) is 5.57 Å². The van der Waals surface area contributed by atoms with Crippen LogP contribution in [-0.4, -0.2) is 27.5 Å². The van der Waals surface area contributed by atoms with E-state index in [9.17, 15) is 0 Å². The van der Waals surface area contributed by atoms with Crippen LogP contribution in [0.15, 0.2) is 59.9 Å². The van der Waals surface area contributed by atoms with Crippen LogP contribution in [0.4, 0.5) is 0 Å². The van der Waals surface area contributed by atoms with E-state index in [0.29, 0.717) is 11.4 Å². The molecular formula is C22H22ClN3O. The number of halogens is 1. The van der Waals surface area contributed by atoms with Gasteiger partial charge in [0.25, 0.3) is 0 Å². The van der Waals surface area contributed by atoms with Crippen LogP contribution in [0.1, 0.15) is 38.3 Å². The summed E-state index contributed by atoms with van der Waals surface area (Å²) in [5.41, 5.74) is 4.89. The number of nitrogens with one attached hydrogen (secondary N) is 1. The molecule has 0 aliphatic carbocycles. The highest BCUT2D eigenvalue weighted by Crippen LogP contribution is 2.32. The Morgan fingerprint density at radius 1 is 1.19 bits per heavy atom. The monoisotopic (exact) mass is 379 g/mol. The molecule has 0 radical (unpaired) electrons. The van der Waals surface area contributed by atoms with Crippen LogP contribution in [0, 0.1) is 0 Å². The second-order valence-corrected chi connectivity index (χ2v) is 8.11. The molecule has 5 heteroatoms. The van der Waals surface area contributed by atoms with Crippen LogP contribution in [0.5, 0.6) is 0 Å². The summed E-state index contributed by atoms with van der Waals surface area (Å²) in [6.45, 7) is 6.12. The number of fused-ring (bicyclic) bond motifs is 1. The standard InChI is InChI=1S/C22H22ClN3O/c1-22(2,3)27-20-12-15(18-13-25-21-17(18)8-5-9-24-21)11-19(26-20)14-6-4-7-16(23)10-14/h4-10,12-13,20H,11H2,1-3H3,(H,24,25). The number of pyridine rings is 1. The van der Waals surface area contributed by atoms with E-state index in [0.717, 1.165) is 27.9 Å². The number of allylic oxidation sites excluding steroid dienone is 1. The Morgan fingerprint density at radius 3 is 2.81 bits per heavy atom. The Morgan fingerprint density at radius 2 is 2.04 bits per heavy atom. The summed E-state index contributed by atoms with van der Waals surface area (Å²) < 4.78 is 6.18. The fourth-order valence-corrected chi connectivity index (χ4v) is 3.51. The van der Waals surface area contributed by atoms with E-state index in [4.69, 9.17) is 21.3 Å². The molecule has 138 valence electrons. The molecule has 1 aromatic carbocycles. The quantitative estimate of drug-likeness (QED) is 0.640. The fraction of sp³-hybridized carbons (Fsp3) is 0.273. The zero-order valence-corrected chi connectivity index (χ0v) is 16.4. The number of dihydropyridines is 1. The third-order valence-electron chi connectivity index (χ3n) is 4.41. The average Bonchev–Trinajstić information content (AvgIpc) is 3.04. The lowest BCUT2D eigenvalue weighted by atomic mass is 9.94. The van der Waals surface area contributed by atoms with Crippen molar-refractivity contribution in [2.45, 2.75) is 39.0 Å². The van der Waals surface area contributed by atoms with Gasteiger partial charge in [0.1, 0.15) is 5.65 Å². The number of H-pyrrole nitrogens is 1. The minimum absolute atomic E-state index is 0.297. The van der Waals surface area contributed by atoms with Gasteiger partial charge in [-0.2, -0.15) is 0 Å². The van der Waals surface area contributed by atoms with E-state index in [1.54, 1.807) is 6.20 Å². The van der Waals surface area contributed by atoms with E-state index in [1.807, 2.05) is 57.3 Å². The van der Waals surface area contributed by atoms with Crippen LogP contribution in [0.3, 0.4) is 0 Å². The number of hydrogen-bond acceptors (Lipinski definition) is 3. The van der Waals surface area contributed by atoms with Crippen molar-refractivity contribution in [3.05, 3.63) is 71.0 Å². The number of benzene rings is 1. The zero-order valence-electron chi connectivity index (χ0n) is 15.7. The highest BCUT2D eigenvalue weighted by Gasteiger charge is 2.24. The molecule has 0 bridgehead atoms. The van der Waals surface area contributed by atoms with Gasteiger partial charge in [-0.25, -0.2) is 4.98 Å². The van der Waals surface area contributed by atoms with Crippen molar-refractivity contribution >= 4 is 33.9 Å². The molecule has 0 fully saturated rings. The Bertz CT molecular complexity index is 1040. The SMILES string of the molecule is CC(C)(C)OC1C=C(c2c[nH]c3ncccc23)CC(c2cccc(Cl)c2)=N1. The molecule has 0 saturated carbocycles. The number of aromatic amines is 1. The van der Waals surface area contributed by atoms with Crippen molar-refractivity contribution < 1.29 is 4.74 Å². The summed E-state index contributed by atoms with van der Waals surface area (Å²) in [6, 6.07) is 11.9. The molecule has 4 nitrogen and oxygen atoms in total. The van der Waals surface area contributed by atoms with Gasteiger partial charge in [-0.15, -0.1) is 0 Å². The molecular weight excluding hydrogens is 358 g/mol. The van der Waals surface area contributed by atoms with Crippen molar-refractivity contribution in [3.8, 4) is 0 Å². The number of hydrogen-bond donors (Lipinski definition) is 1. The Kier molecular flexibility index (Phi) is 4.62. The lowest BCUT2D eigenvalue weighted by molar-refractivity contribution is -0.0340. The summed E-state index contributed by atoms with van der Waals surface area (Å²) in [7, 11) is 0. The van der Waals surface area contributed by atoms with Crippen molar-refractivity contribution in [1.82, 2.24) is 9.97 Å². The molecule has 27 heavy (non-hydrogen) atoms. The molecule has 4 rings (SSSR count).